The first-order valence-electron chi connectivity index (χ1n) is 10.1. The van der Waals surface area contributed by atoms with E-state index in [1.807, 2.05) is 13.2 Å². The number of fused-ring (bicyclic) bond motifs is 1. The predicted molar refractivity (Wildman–Crippen MR) is 119 cm³/mol. The number of tetrazole rings is 1. The van der Waals surface area contributed by atoms with Gasteiger partial charge in [-0.25, -0.2) is 14.4 Å². The Morgan fingerprint density at radius 3 is 2.71 bits per heavy atom. The van der Waals surface area contributed by atoms with E-state index in [9.17, 15) is 0 Å². The van der Waals surface area contributed by atoms with E-state index in [-0.39, 0.29) is 18.0 Å². The molecule has 5 aromatic rings. The monoisotopic (exact) mass is 462 g/mol. The molecule has 0 amide bonds. The van der Waals surface area contributed by atoms with Gasteiger partial charge in [0.05, 0.1) is 44.5 Å². The Hall–Kier alpha value is -4.68. The van der Waals surface area contributed by atoms with Crippen LogP contribution in [0.25, 0.3) is 22.4 Å². The van der Waals surface area contributed by atoms with Crippen LogP contribution in [-0.4, -0.2) is 59.6 Å². The van der Waals surface area contributed by atoms with E-state index in [1.165, 1.54) is 20.3 Å². The van der Waals surface area contributed by atoms with E-state index in [0.717, 1.165) is 5.56 Å². The summed E-state index contributed by atoms with van der Waals surface area (Å²) >= 11 is 0. The number of nitrogens with zero attached hydrogens (tertiary/aromatic N) is 9. The highest BCUT2D eigenvalue weighted by atomic mass is 19.1. The number of H-pyrrole nitrogens is 1. The van der Waals surface area contributed by atoms with Gasteiger partial charge in [0.25, 0.3) is 0 Å². The average Bonchev–Trinajstić information content (AvgIpc) is 3.54. The third-order valence-electron chi connectivity index (χ3n) is 5.10. The Balaban J connectivity index is 1.65. The number of pyridine rings is 1. The normalized spacial score (nSPS) is 11.1. The van der Waals surface area contributed by atoms with Gasteiger partial charge in [0.15, 0.2) is 23.0 Å². The van der Waals surface area contributed by atoms with Crippen LogP contribution in [0.2, 0.25) is 0 Å². The maximum Gasteiger partial charge on any atom is 0.194 e. The highest BCUT2D eigenvalue weighted by Gasteiger charge is 2.22. The van der Waals surface area contributed by atoms with Gasteiger partial charge in [-0.05, 0) is 12.1 Å². The van der Waals surface area contributed by atoms with E-state index in [1.54, 1.807) is 40.2 Å². The summed E-state index contributed by atoms with van der Waals surface area (Å²) in [5.41, 5.74) is 2.54. The number of methoxy groups -OCH3 is 2. The lowest BCUT2D eigenvalue weighted by Crippen LogP contribution is -2.20. The summed E-state index contributed by atoms with van der Waals surface area (Å²) in [5, 5.41) is 18.2. The van der Waals surface area contributed by atoms with Crippen LogP contribution in [0.1, 0.15) is 5.82 Å². The fraction of sp³-hybridized carbons (Fsp3) is 0.190. The Morgan fingerprint density at radius 2 is 2.00 bits per heavy atom. The Morgan fingerprint density at radius 1 is 1.12 bits per heavy atom. The number of hydrogen-bond donors (Lipinski definition) is 1. The molecule has 0 aliphatic carbocycles. The molecule has 0 saturated heterocycles. The molecule has 4 heterocycles. The quantitative estimate of drug-likeness (QED) is 0.384. The first-order valence-corrected chi connectivity index (χ1v) is 10.1. The molecule has 0 saturated carbocycles. The Kier molecular flexibility index (Phi) is 5.41. The lowest BCUT2D eigenvalue weighted by molar-refractivity contribution is 0.374. The lowest BCUT2D eigenvalue weighted by Gasteiger charge is -2.24. The van der Waals surface area contributed by atoms with Crippen LogP contribution in [0.5, 0.6) is 11.5 Å². The van der Waals surface area contributed by atoms with E-state index in [2.05, 4.69) is 40.7 Å². The van der Waals surface area contributed by atoms with Crippen LogP contribution in [0.15, 0.2) is 42.9 Å². The molecule has 0 radical (unpaired) electrons. The lowest BCUT2D eigenvalue weighted by atomic mass is 10.2. The highest BCUT2D eigenvalue weighted by Crippen LogP contribution is 2.37. The molecule has 5 rings (SSSR count). The topological polar surface area (TPSA) is 133 Å². The Bertz CT molecular complexity index is 1450. The van der Waals surface area contributed by atoms with Gasteiger partial charge in [-0.3, -0.25) is 9.67 Å². The molecule has 1 N–H and O–H groups in total. The SMILES string of the molecule is COc1cc(OC)c(F)c(N(Cc2nn[nH]n2)c2ccc3ncc(-c4cnn(C)c4)nc3n2)c1. The number of aromatic amines is 1. The van der Waals surface area contributed by atoms with Gasteiger partial charge in [-0.15, -0.1) is 10.2 Å². The van der Waals surface area contributed by atoms with Crippen LogP contribution in [-0.2, 0) is 13.6 Å². The number of anilines is 2. The van der Waals surface area contributed by atoms with Crippen molar-refractivity contribution in [1.29, 1.82) is 0 Å². The van der Waals surface area contributed by atoms with Gasteiger partial charge in [-0.1, -0.05) is 5.21 Å². The molecule has 0 fully saturated rings. The molecule has 0 aliphatic heterocycles. The summed E-state index contributed by atoms with van der Waals surface area (Å²) in [6, 6.07) is 6.48. The van der Waals surface area contributed by atoms with Gasteiger partial charge >= 0.3 is 0 Å². The van der Waals surface area contributed by atoms with Crippen molar-refractivity contribution in [3.05, 3.63) is 54.5 Å². The van der Waals surface area contributed by atoms with Crippen molar-refractivity contribution in [2.24, 2.45) is 7.05 Å². The number of halogens is 1. The minimum atomic E-state index is -0.594. The molecule has 0 aliphatic rings. The Labute approximate surface area is 192 Å². The zero-order chi connectivity index (χ0) is 23.7. The minimum Gasteiger partial charge on any atom is -0.497 e. The van der Waals surface area contributed by atoms with Crippen molar-refractivity contribution in [3.8, 4) is 22.8 Å². The molecule has 1 aromatic carbocycles. The molecule has 0 bridgehead atoms. The zero-order valence-electron chi connectivity index (χ0n) is 18.5. The number of rotatable bonds is 7. The molecule has 4 aromatic heterocycles. The smallest absolute Gasteiger partial charge is 0.194 e. The number of hydrogen-bond acceptors (Lipinski definition) is 10. The molecule has 172 valence electrons. The molecule has 34 heavy (non-hydrogen) atoms. The van der Waals surface area contributed by atoms with Gasteiger partial charge < -0.3 is 14.4 Å². The summed E-state index contributed by atoms with van der Waals surface area (Å²) in [6.07, 6.45) is 5.19. The van der Waals surface area contributed by atoms with E-state index < -0.39 is 5.82 Å². The van der Waals surface area contributed by atoms with Gasteiger partial charge in [0.1, 0.15) is 17.1 Å². The van der Waals surface area contributed by atoms with Crippen molar-refractivity contribution in [2.75, 3.05) is 19.1 Å². The van der Waals surface area contributed by atoms with Crippen LogP contribution in [0.4, 0.5) is 15.9 Å². The van der Waals surface area contributed by atoms with Crippen molar-refractivity contribution in [1.82, 2.24) is 45.4 Å². The zero-order valence-corrected chi connectivity index (χ0v) is 18.5. The van der Waals surface area contributed by atoms with Gasteiger partial charge in [-0.2, -0.15) is 10.3 Å². The molecular formula is C21H19FN10O2. The van der Waals surface area contributed by atoms with E-state index in [0.29, 0.717) is 34.2 Å². The first kappa shape index (κ1) is 21.2. The maximum atomic E-state index is 15.4. The number of benzene rings is 1. The molecule has 12 nitrogen and oxygen atoms in total. The van der Waals surface area contributed by atoms with Crippen LogP contribution in [0, 0.1) is 5.82 Å². The predicted octanol–water partition coefficient (Wildman–Crippen LogP) is 2.43. The third-order valence-corrected chi connectivity index (χ3v) is 5.10. The summed E-state index contributed by atoms with van der Waals surface area (Å²) in [7, 11) is 4.69. The molecule has 0 spiro atoms. The maximum absolute atomic E-state index is 15.4. The third kappa shape index (κ3) is 3.94. The first-order chi connectivity index (χ1) is 16.6. The summed E-state index contributed by atoms with van der Waals surface area (Å²) < 4.78 is 27.6. The number of aromatic nitrogens is 9. The van der Waals surface area contributed by atoms with Crippen molar-refractivity contribution < 1.29 is 13.9 Å². The van der Waals surface area contributed by atoms with Gasteiger partial charge in [0, 0.05) is 30.9 Å². The second-order valence-corrected chi connectivity index (χ2v) is 7.25. The average molecular weight is 462 g/mol. The fourth-order valence-electron chi connectivity index (χ4n) is 3.43. The highest BCUT2D eigenvalue weighted by molar-refractivity contribution is 5.77. The number of aryl methyl sites for hydroxylation is 1. The van der Waals surface area contributed by atoms with Crippen LogP contribution < -0.4 is 14.4 Å². The summed E-state index contributed by atoms with van der Waals surface area (Å²) in [4.78, 5) is 15.3. The van der Waals surface area contributed by atoms with Gasteiger partial charge in [0.2, 0.25) is 0 Å². The molecule has 13 heteroatoms. The second-order valence-electron chi connectivity index (χ2n) is 7.25. The largest absolute Gasteiger partial charge is 0.497 e. The number of ether oxygens (including phenoxy) is 2. The molecule has 0 unspecified atom stereocenters. The standard InChI is InChI=1S/C21H19FN10O2/c1-31-10-12(8-24-31)15-9-23-14-4-5-19(26-21(14)25-15)32(11-18-27-29-30-28-18)16-6-13(33-2)7-17(34-3)20(16)22/h4-10H,11H2,1-3H3,(H,27,28,29,30). The number of nitrogens with one attached hydrogen (secondary N) is 1. The van der Waals surface area contributed by atoms with E-state index in [4.69, 9.17) is 9.47 Å². The van der Waals surface area contributed by atoms with Crippen molar-refractivity contribution in [3.63, 3.8) is 0 Å². The molecule has 0 atom stereocenters. The van der Waals surface area contributed by atoms with Crippen LogP contribution in [0.3, 0.4) is 0 Å². The fourth-order valence-corrected chi connectivity index (χ4v) is 3.43. The molecular weight excluding hydrogens is 443 g/mol. The van der Waals surface area contributed by atoms with Crippen molar-refractivity contribution >= 4 is 22.7 Å². The summed E-state index contributed by atoms with van der Waals surface area (Å²) in [5.74, 6) is 0.559. The summed E-state index contributed by atoms with van der Waals surface area (Å²) in [6.45, 7) is 0.0674. The second kappa shape index (κ2) is 8.69. The van der Waals surface area contributed by atoms with Crippen molar-refractivity contribution in [2.45, 2.75) is 6.54 Å². The minimum absolute atomic E-state index is 0.0203. The van der Waals surface area contributed by atoms with Crippen LogP contribution >= 0.6 is 0 Å². The van der Waals surface area contributed by atoms with E-state index >= 15 is 4.39 Å².